The lowest BCUT2D eigenvalue weighted by Crippen LogP contribution is -2.28. The van der Waals surface area contributed by atoms with Crippen molar-refractivity contribution in [3.63, 3.8) is 0 Å². The molecule has 0 heterocycles. The number of amides is 1. The Bertz CT molecular complexity index is 466. The Balaban J connectivity index is 1.65. The van der Waals surface area contributed by atoms with Crippen LogP contribution in [-0.4, -0.2) is 23.5 Å². The molecule has 0 spiro atoms. The first kappa shape index (κ1) is 16.4. The molecule has 2 nitrogen and oxygen atoms in total. The largest absolute Gasteiger partial charge is 0.355 e. The smallest absolute Gasteiger partial charge is 0.224 e. The minimum Gasteiger partial charge on any atom is -0.355 e. The van der Waals surface area contributed by atoms with Gasteiger partial charge in [-0.1, -0.05) is 43.0 Å². The Morgan fingerprint density at radius 2 is 2.00 bits per heavy atom. The van der Waals surface area contributed by atoms with Gasteiger partial charge in [-0.05, 0) is 37.8 Å². The summed E-state index contributed by atoms with van der Waals surface area (Å²) in [6, 6.07) is 6.29. The van der Waals surface area contributed by atoms with E-state index >= 15 is 0 Å². The number of carbonyl (C=O) groups is 1. The van der Waals surface area contributed by atoms with Crippen LogP contribution in [0.1, 0.15) is 48.8 Å². The number of hydrogen-bond acceptors (Lipinski definition) is 2. The first-order valence-electron chi connectivity index (χ1n) is 8.09. The summed E-state index contributed by atoms with van der Waals surface area (Å²) in [4.78, 5) is 12.0. The van der Waals surface area contributed by atoms with Gasteiger partial charge in [-0.15, -0.1) is 0 Å². The fraction of sp³-hybridized carbons (Fsp3) is 0.611. The van der Waals surface area contributed by atoms with Gasteiger partial charge in [0.1, 0.15) is 0 Å². The third-order valence-corrected chi connectivity index (χ3v) is 5.56. The van der Waals surface area contributed by atoms with Crippen LogP contribution in [0.4, 0.5) is 0 Å². The van der Waals surface area contributed by atoms with E-state index in [0.717, 1.165) is 23.1 Å². The highest BCUT2D eigenvalue weighted by atomic mass is 32.2. The Labute approximate surface area is 133 Å². The van der Waals surface area contributed by atoms with E-state index in [-0.39, 0.29) is 5.91 Å². The predicted octanol–water partition coefficient (Wildman–Crippen LogP) is 4.03. The second-order valence-corrected chi connectivity index (χ2v) is 7.50. The summed E-state index contributed by atoms with van der Waals surface area (Å²) in [5.41, 5.74) is 3.60. The van der Waals surface area contributed by atoms with Gasteiger partial charge in [-0.3, -0.25) is 4.79 Å². The number of rotatable bonds is 6. The van der Waals surface area contributed by atoms with E-state index in [0.29, 0.717) is 6.42 Å². The van der Waals surface area contributed by atoms with Crippen molar-refractivity contribution in [3.05, 3.63) is 34.9 Å². The average molecular weight is 305 g/mol. The van der Waals surface area contributed by atoms with Crippen molar-refractivity contribution in [2.24, 2.45) is 0 Å². The second-order valence-electron chi connectivity index (χ2n) is 6.09. The number of nitrogens with one attached hydrogen (secondary N) is 1. The van der Waals surface area contributed by atoms with Crippen LogP contribution >= 0.6 is 11.8 Å². The predicted molar refractivity (Wildman–Crippen MR) is 92.0 cm³/mol. The van der Waals surface area contributed by atoms with Crippen LogP contribution in [-0.2, 0) is 11.2 Å². The molecule has 0 atom stereocenters. The molecule has 0 radical (unpaired) electrons. The fourth-order valence-electron chi connectivity index (χ4n) is 2.93. The molecule has 21 heavy (non-hydrogen) atoms. The monoisotopic (exact) mass is 305 g/mol. The van der Waals surface area contributed by atoms with Gasteiger partial charge in [0.05, 0.1) is 6.42 Å². The molecule has 1 fully saturated rings. The molecule has 1 aromatic rings. The van der Waals surface area contributed by atoms with Gasteiger partial charge in [-0.2, -0.15) is 11.8 Å². The van der Waals surface area contributed by atoms with Gasteiger partial charge in [0.25, 0.3) is 0 Å². The quantitative estimate of drug-likeness (QED) is 0.804. The minimum atomic E-state index is 0.145. The van der Waals surface area contributed by atoms with Crippen molar-refractivity contribution in [3.8, 4) is 0 Å². The topological polar surface area (TPSA) is 29.1 Å². The minimum absolute atomic E-state index is 0.145. The van der Waals surface area contributed by atoms with E-state index in [1.54, 1.807) is 0 Å². The third kappa shape index (κ3) is 5.74. The lowest BCUT2D eigenvalue weighted by atomic mass is 10.0. The third-order valence-electron chi connectivity index (χ3n) is 4.18. The molecule has 1 saturated carbocycles. The second kappa shape index (κ2) is 8.47. The van der Waals surface area contributed by atoms with E-state index in [1.807, 2.05) is 11.8 Å². The maximum absolute atomic E-state index is 12.0. The summed E-state index contributed by atoms with van der Waals surface area (Å²) >= 11 is 2.04. The van der Waals surface area contributed by atoms with Crippen LogP contribution < -0.4 is 5.32 Å². The summed E-state index contributed by atoms with van der Waals surface area (Å²) < 4.78 is 0. The van der Waals surface area contributed by atoms with Crippen molar-refractivity contribution in [1.29, 1.82) is 0 Å². The summed E-state index contributed by atoms with van der Waals surface area (Å²) in [6.07, 6.45) is 7.40. The molecule has 116 valence electrons. The zero-order valence-corrected chi connectivity index (χ0v) is 14.1. The molecule has 1 aliphatic rings. The number of thioether (sulfide) groups is 1. The van der Waals surface area contributed by atoms with E-state index in [2.05, 4.69) is 37.4 Å². The molecular formula is C18H27NOS. The maximum Gasteiger partial charge on any atom is 0.224 e. The van der Waals surface area contributed by atoms with E-state index in [9.17, 15) is 4.79 Å². The molecule has 0 aromatic heterocycles. The van der Waals surface area contributed by atoms with Gasteiger partial charge < -0.3 is 5.32 Å². The summed E-state index contributed by atoms with van der Waals surface area (Å²) in [5, 5.41) is 3.88. The summed E-state index contributed by atoms with van der Waals surface area (Å²) in [6.45, 7) is 4.96. The van der Waals surface area contributed by atoms with Crippen LogP contribution in [0.25, 0.3) is 0 Å². The molecule has 1 N–H and O–H groups in total. The van der Waals surface area contributed by atoms with Crippen LogP contribution in [0.15, 0.2) is 18.2 Å². The summed E-state index contributed by atoms with van der Waals surface area (Å²) in [5.74, 6) is 1.19. The molecule has 0 bridgehead atoms. The molecule has 3 heteroatoms. The number of benzene rings is 1. The first-order chi connectivity index (χ1) is 10.1. The van der Waals surface area contributed by atoms with Gasteiger partial charge in [0.2, 0.25) is 5.91 Å². The Morgan fingerprint density at radius 3 is 2.71 bits per heavy atom. The number of carbonyl (C=O) groups excluding carboxylic acids is 1. The molecular weight excluding hydrogens is 278 g/mol. The molecule has 1 aliphatic carbocycles. The van der Waals surface area contributed by atoms with Crippen molar-refractivity contribution in [1.82, 2.24) is 5.32 Å². The highest BCUT2D eigenvalue weighted by Crippen LogP contribution is 2.27. The number of hydrogen-bond donors (Lipinski definition) is 1. The van der Waals surface area contributed by atoms with Crippen LogP contribution in [0, 0.1) is 13.8 Å². The molecule has 1 amide bonds. The van der Waals surface area contributed by atoms with Crippen LogP contribution in [0.2, 0.25) is 0 Å². The number of aryl methyl sites for hydroxylation is 2. The first-order valence-corrected chi connectivity index (χ1v) is 9.14. The summed E-state index contributed by atoms with van der Waals surface area (Å²) in [7, 11) is 0. The van der Waals surface area contributed by atoms with Gasteiger partial charge in [-0.25, -0.2) is 0 Å². The van der Waals surface area contributed by atoms with E-state index in [4.69, 9.17) is 0 Å². The normalized spacial score (nSPS) is 15.9. The standard InChI is InChI=1S/C18H27NOS/c1-14-8-9-16(15(2)12-14)13-18(20)19-10-11-21-17-6-4-3-5-7-17/h8-9,12,17H,3-7,10-11,13H2,1-2H3,(H,19,20). The maximum atomic E-state index is 12.0. The zero-order valence-electron chi connectivity index (χ0n) is 13.3. The molecule has 0 unspecified atom stereocenters. The Hall–Kier alpha value is -0.960. The lowest BCUT2D eigenvalue weighted by Gasteiger charge is -2.20. The Morgan fingerprint density at radius 1 is 1.24 bits per heavy atom. The van der Waals surface area contributed by atoms with Crippen molar-refractivity contribution in [2.75, 3.05) is 12.3 Å². The van der Waals surface area contributed by atoms with Crippen molar-refractivity contribution in [2.45, 2.75) is 57.6 Å². The van der Waals surface area contributed by atoms with Crippen molar-refractivity contribution >= 4 is 17.7 Å². The van der Waals surface area contributed by atoms with Crippen LogP contribution in [0.3, 0.4) is 0 Å². The Kier molecular flexibility index (Phi) is 6.62. The molecule has 2 rings (SSSR count). The highest BCUT2D eigenvalue weighted by Gasteiger charge is 2.13. The lowest BCUT2D eigenvalue weighted by molar-refractivity contribution is -0.120. The van der Waals surface area contributed by atoms with E-state index < -0.39 is 0 Å². The molecule has 1 aromatic carbocycles. The van der Waals surface area contributed by atoms with E-state index in [1.165, 1.54) is 43.2 Å². The van der Waals surface area contributed by atoms with Gasteiger partial charge in [0.15, 0.2) is 0 Å². The average Bonchev–Trinajstić information content (AvgIpc) is 2.48. The van der Waals surface area contributed by atoms with Crippen molar-refractivity contribution < 1.29 is 4.79 Å². The molecule has 0 aliphatic heterocycles. The fourth-order valence-corrected chi connectivity index (χ4v) is 4.15. The van der Waals surface area contributed by atoms with Gasteiger partial charge >= 0.3 is 0 Å². The van der Waals surface area contributed by atoms with Gasteiger partial charge in [0, 0.05) is 17.5 Å². The highest BCUT2D eigenvalue weighted by molar-refractivity contribution is 7.99. The molecule has 0 saturated heterocycles. The zero-order chi connectivity index (χ0) is 15.1. The van der Waals surface area contributed by atoms with Crippen LogP contribution in [0.5, 0.6) is 0 Å². The SMILES string of the molecule is Cc1ccc(CC(=O)NCCSC2CCCCC2)c(C)c1.